The van der Waals surface area contributed by atoms with E-state index in [2.05, 4.69) is 65.5 Å². The predicted molar refractivity (Wildman–Crippen MR) is 231 cm³/mol. The lowest BCUT2D eigenvalue weighted by atomic mass is 9.93. The number of carbonyl (C=O) groups is 3. The number of nitrogens with one attached hydrogen (secondary N) is 3. The van der Waals surface area contributed by atoms with Crippen LogP contribution < -0.4 is 5.32 Å². The molecule has 3 amide bonds. The predicted octanol–water partition coefficient (Wildman–Crippen LogP) is 8.48. The smallest absolute Gasteiger partial charge is 0.407 e. The summed E-state index contributed by atoms with van der Waals surface area (Å²) in [6, 6.07) is 30.5. The lowest BCUT2D eigenvalue weighted by Gasteiger charge is -2.31. The third-order valence-electron chi connectivity index (χ3n) is 12.0. The number of H-pyrrole nitrogens is 2. The molecule has 2 aliphatic heterocycles. The molecule has 4 atom stereocenters. The molecule has 0 unspecified atom stereocenters. The molecule has 2 aromatic heterocycles. The highest BCUT2D eigenvalue weighted by Crippen LogP contribution is 2.38. The number of likely N-dealkylation sites (N-methyl/N-ethyl adjacent to an activating group) is 1. The van der Waals surface area contributed by atoms with Crippen LogP contribution in [0.25, 0.3) is 33.6 Å². The van der Waals surface area contributed by atoms with Crippen molar-refractivity contribution in [1.82, 2.24) is 40.0 Å². The van der Waals surface area contributed by atoms with E-state index in [4.69, 9.17) is 14.7 Å². The van der Waals surface area contributed by atoms with Crippen LogP contribution in [0.3, 0.4) is 0 Å². The first-order chi connectivity index (χ1) is 29.1. The van der Waals surface area contributed by atoms with Crippen LogP contribution in [-0.4, -0.2) is 86.8 Å². The first-order valence-electron chi connectivity index (χ1n) is 20.6. The van der Waals surface area contributed by atoms with Gasteiger partial charge in [-0.2, -0.15) is 0 Å². The highest BCUT2D eigenvalue weighted by Gasteiger charge is 2.38. The molecular formula is C48H52N8O4. The van der Waals surface area contributed by atoms with E-state index in [1.54, 1.807) is 4.90 Å². The Kier molecular flexibility index (Phi) is 11.7. The molecule has 0 saturated carbocycles. The molecule has 6 aromatic rings. The molecule has 2 saturated heterocycles. The Hall–Kier alpha value is -6.53. The first-order valence-corrected chi connectivity index (χ1v) is 20.6. The third-order valence-corrected chi connectivity index (χ3v) is 12.0. The van der Waals surface area contributed by atoms with Crippen molar-refractivity contribution in [2.75, 3.05) is 34.3 Å². The molecular weight excluding hydrogens is 753 g/mol. The van der Waals surface area contributed by atoms with Crippen LogP contribution in [0, 0.1) is 13.8 Å². The molecule has 2 fully saturated rings. The van der Waals surface area contributed by atoms with Crippen molar-refractivity contribution in [2.24, 2.45) is 0 Å². The fraction of sp³-hybridized carbons (Fsp3) is 0.312. The van der Waals surface area contributed by atoms with E-state index in [0.717, 1.165) is 81.8 Å². The lowest BCUT2D eigenvalue weighted by molar-refractivity contribution is -0.137. The van der Waals surface area contributed by atoms with Gasteiger partial charge in [0.2, 0.25) is 5.91 Å². The van der Waals surface area contributed by atoms with Crippen molar-refractivity contribution >= 4 is 17.9 Å². The fourth-order valence-corrected chi connectivity index (χ4v) is 8.93. The number of aromatic amines is 2. The Morgan fingerprint density at radius 3 is 1.65 bits per heavy atom. The average molecular weight is 805 g/mol. The molecule has 8 rings (SSSR count). The summed E-state index contributed by atoms with van der Waals surface area (Å²) < 4.78 is 4.85. The highest BCUT2D eigenvalue weighted by molar-refractivity contribution is 5.87. The van der Waals surface area contributed by atoms with Crippen molar-refractivity contribution in [1.29, 1.82) is 0 Å². The molecule has 3 N–H and O–H groups in total. The zero-order valence-electron chi connectivity index (χ0n) is 34.8. The molecule has 0 spiro atoms. The first kappa shape index (κ1) is 40.3. The van der Waals surface area contributed by atoms with Crippen LogP contribution >= 0.6 is 0 Å². The minimum absolute atomic E-state index is 0.0946. The van der Waals surface area contributed by atoms with Crippen molar-refractivity contribution in [3.8, 4) is 33.6 Å². The molecule has 308 valence electrons. The van der Waals surface area contributed by atoms with Crippen LogP contribution in [-0.2, 0) is 14.3 Å². The number of imidazole rings is 2. The zero-order chi connectivity index (χ0) is 41.9. The van der Waals surface area contributed by atoms with Crippen molar-refractivity contribution in [2.45, 2.75) is 63.7 Å². The minimum atomic E-state index is -0.875. The number of aromatic nitrogens is 4. The molecule has 0 aliphatic carbocycles. The number of amides is 3. The molecule has 60 heavy (non-hydrogen) atoms. The Bertz CT molecular complexity index is 2480. The molecule has 4 aromatic carbocycles. The topological polar surface area (TPSA) is 140 Å². The number of ether oxygens (including phenoxy) is 1. The second-order valence-electron chi connectivity index (χ2n) is 16.1. The van der Waals surface area contributed by atoms with Gasteiger partial charge in [0.15, 0.2) is 0 Å². The summed E-state index contributed by atoms with van der Waals surface area (Å²) in [5, 5.41) is 2.73. The van der Waals surface area contributed by atoms with E-state index in [0.29, 0.717) is 24.5 Å². The Labute approximate surface area is 351 Å². The van der Waals surface area contributed by atoms with Gasteiger partial charge < -0.3 is 29.8 Å². The Morgan fingerprint density at radius 1 is 0.700 bits per heavy atom. The quantitative estimate of drug-likeness (QED) is 0.119. The van der Waals surface area contributed by atoms with Gasteiger partial charge in [0, 0.05) is 13.1 Å². The second-order valence-corrected chi connectivity index (χ2v) is 16.1. The van der Waals surface area contributed by atoms with E-state index in [9.17, 15) is 14.4 Å². The second kappa shape index (κ2) is 17.4. The van der Waals surface area contributed by atoms with Crippen LogP contribution in [0.1, 0.15) is 83.8 Å². The monoisotopic (exact) mass is 804 g/mol. The summed E-state index contributed by atoms with van der Waals surface area (Å²) in [6.45, 7) is 5.52. The average Bonchev–Trinajstić information content (AvgIpc) is 4.10. The van der Waals surface area contributed by atoms with Crippen LogP contribution in [0.15, 0.2) is 109 Å². The van der Waals surface area contributed by atoms with Gasteiger partial charge in [-0.15, -0.1) is 0 Å². The molecule has 4 heterocycles. The van der Waals surface area contributed by atoms with E-state index in [1.165, 1.54) is 7.11 Å². The van der Waals surface area contributed by atoms with E-state index in [-0.39, 0.29) is 29.9 Å². The summed E-state index contributed by atoms with van der Waals surface area (Å²) in [7, 11) is 5.20. The SMILES string of the molecule is COC(=O)N[C@@H](C(=O)N1CCC[C@H]1c1ncc(-c2ccc(-c3ccc(-c4cnc([C@@H]5CCCN5C(=O)[C@@H](c5ccccc5)N(C)C)[nH]4)cc3C)c(C)c2)[nH]1)c1ccccc1. The summed E-state index contributed by atoms with van der Waals surface area (Å²) in [5.41, 5.74) is 10.0. The number of hydrogen-bond acceptors (Lipinski definition) is 7. The number of alkyl carbamates (subject to hydrolysis) is 1. The molecule has 0 radical (unpaired) electrons. The number of hydrogen-bond donors (Lipinski definition) is 3. The molecule has 2 aliphatic rings. The highest BCUT2D eigenvalue weighted by atomic mass is 16.5. The van der Waals surface area contributed by atoms with Gasteiger partial charge in [-0.05, 0) is 110 Å². The van der Waals surface area contributed by atoms with Gasteiger partial charge in [0.1, 0.15) is 23.7 Å². The van der Waals surface area contributed by atoms with Gasteiger partial charge in [0.25, 0.3) is 5.91 Å². The molecule has 0 bridgehead atoms. The number of benzene rings is 4. The summed E-state index contributed by atoms with van der Waals surface area (Å²) in [5.74, 6) is 1.42. The largest absolute Gasteiger partial charge is 0.453 e. The Morgan fingerprint density at radius 2 is 1.18 bits per heavy atom. The van der Waals surface area contributed by atoms with Crippen LogP contribution in [0.5, 0.6) is 0 Å². The third kappa shape index (κ3) is 8.07. The van der Waals surface area contributed by atoms with E-state index in [1.807, 2.05) is 97.0 Å². The normalized spacial score (nSPS) is 17.5. The van der Waals surface area contributed by atoms with Crippen molar-refractivity contribution < 1.29 is 19.1 Å². The Balaban J connectivity index is 0.967. The van der Waals surface area contributed by atoms with Crippen molar-refractivity contribution in [3.63, 3.8) is 0 Å². The molecule has 12 heteroatoms. The maximum atomic E-state index is 14.0. The molecule has 12 nitrogen and oxygen atoms in total. The number of likely N-dealkylation sites (tertiary alicyclic amines) is 2. The number of methoxy groups -OCH3 is 1. The van der Waals surface area contributed by atoms with E-state index < -0.39 is 12.1 Å². The minimum Gasteiger partial charge on any atom is -0.453 e. The van der Waals surface area contributed by atoms with E-state index >= 15 is 0 Å². The lowest BCUT2D eigenvalue weighted by Crippen LogP contribution is -2.42. The maximum absolute atomic E-state index is 14.0. The van der Waals surface area contributed by atoms with Crippen molar-refractivity contribution in [3.05, 3.63) is 143 Å². The number of aryl methyl sites for hydroxylation is 2. The van der Waals surface area contributed by atoms with Crippen LogP contribution in [0.4, 0.5) is 4.79 Å². The summed E-state index contributed by atoms with van der Waals surface area (Å²) in [4.78, 5) is 62.6. The van der Waals surface area contributed by atoms with Gasteiger partial charge in [-0.1, -0.05) is 84.9 Å². The van der Waals surface area contributed by atoms with Gasteiger partial charge >= 0.3 is 6.09 Å². The zero-order valence-corrected chi connectivity index (χ0v) is 34.8. The number of nitrogens with zero attached hydrogens (tertiary/aromatic N) is 5. The maximum Gasteiger partial charge on any atom is 0.407 e. The summed E-state index contributed by atoms with van der Waals surface area (Å²) >= 11 is 0. The summed E-state index contributed by atoms with van der Waals surface area (Å²) in [6.07, 6.45) is 6.43. The standard InChI is InChI=1S/C48H52N8O4/c1-30-26-34(38-28-49-44(51-38)40-18-12-24-55(40)46(57)42(53-48(59)60-5)32-14-8-6-9-15-32)20-22-36(30)37-23-21-35(27-31(37)2)39-29-50-45(52-39)41-19-13-25-56(41)47(58)43(54(3)4)33-16-10-7-11-17-33/h6-11,14-17,20-23,26-29,40-43H,12-13,18-19,24-25H2,1-5H3,(H,49,51)(H,50,52)(H,53,59)/t40-,41-,42+,43+/m0/s1. The fourth-order valence-electron chi connectivity index (χ4n) is 8.93. The van der Waals surface area contributed by atoms with Crippen LogP contribution in [0.2, 0.25) is 0 Å². The number of rotatable bonds is 11. The van der Waals surface area contributed by atoms with Gasteiger partial charge in [0.05, 0.1) is 43.0 Å². The van der Waals surface area contributed by atoms with Gasteiger partial charge in [-0.25, -0.2) is 14.8 Å². The number of carbonyl (C=O) groups excluding carboxylic acids is 3. The van der Waals surface area contributed by atoms with Gasteiger partial charge in [-0.3, -0.25) is 14.5 Å².